The molecular weight excluding hydrogens is 464 g/mol. The second-order valence-electron chi connectivity index (χ2n) is 10.8. The molecule has 1 fully saturated rings. The molecule has 1 N–H and O–H groups in total. The molecule has 0 aliphatic carbocycles. The van der Waals surface area contributed by atoms with Gasteiger partial charge in [0.1, 0.15) is 5.75 Å². The van der Waals surface area contributed by atoms with Gasteiger partial charge in [0.2, 0.25) is 5.91 Å². The Balaban J connectivity index is 1.52. The zero-order valence-corrected chi connectivity index (χ0v) is 23.0. The number of benzene rings is 2. The molecule has 0 unspecified atom stereocenters. The van der Waals surface area contributed by atoms with E-state index >= 15 is 0 Å². The van der Waals surface area contributed by atoms with Gasteiger partial charge in [-0.15, -0.1) is 0 Å². The number of methoxy groups -OCH3 is 1. The van der Waals surface area contributed by atoms with Crippen LogP contribution in [0, 0.1) is 12.3 Å². The highest BCUT2D eigenvalue weighted by Gasteiger charge is 2.24. The third kappa shape index (κ3) is 9.25. The van der Waals surface area contributed by atoms with Crippen molar-refractivity contribution in [3.05, 3.63) is 65.7 Å². The van der Waals surface area contributed by atoms with Crippen molar-refractivity contribution in [3.8, 4) is 5.75 Å². The Hall–Kier alpha value is -3.32. The van der Waals surface area contributed by atoms with E-state index in [0.717, 1.165) is 42.2 Å². The van der Waals surface area contributed by atoms with Crippen LogP contribution in [-0.2, 0) is 4.79 Å². The van der Waals surface area contributed by atoms with Crippen LogP contribution in [0.2, 0.25) is 0 Å². The molecule has 200 valence electrons. The average molecular weight is 507 g/mol. The van der Waals surface area contributed by atoms with Gasteiger partial charge >= 0.3 is 6.03 Å². The number of carbonyl (C=O) groups excluding carboxylic acids is 2. The lowest BCUT2D eigenvalue weighted by Crippen LogP contribution is -2.51. The minimum absolute atomic E-state index is 0.0630. The van der Waals surface area contributed by atoms with E-state index in [2.05, 4.69) is 31.0 Å². The van der Waals surface area contributed by atoms with E-state index < -0.39 is 0 Å². The van der Waals surface area contributed by atoms with Crippen LogP contribution in [0.1, 0.15) is 38.3 Å². The molecule has 0 bridgehead atoms. The van der Waals surface area contributed by atoms with E-state index in [1.807, 2.05) is 77.4 Å². The third-order valence-corrected chi connectivity index (χ3v) is 6.44. The normalized spacial score (nSPS) is 14.6. The number of nitrogens with zero attached hydrogens (tertiary/aromatic N) is 3. The molecule has 0 atom stereocenters. The van der Waals surface area contributed by atoms with Gasteiger partial charge in [0.25, 0.3) is 0 Å². The minimum atomic E-state index is -0.0713. The van der Waals surface area contributed by atoms with Crippen LogP contribution in [0.5, 0.6) is 5.75 Å². The number of para-hydroxylation sites is 1. The number of hydrogen-bond donors (Lipinski definition) is 1. The van der Waals surface area contributed by atoms with Crippen LogP contribution in [-0.4, -0.2) is 79.6 Å². The summed E-state index contributed by atoms with van der Waals surface area (Å²) in [5.74, 6) is 0.976. The van der Waals surface area contributed by atoms with Gasteiger partial charge in [-0.25, -0.2) is 4.79 Å². The molecule has 3 amide bonds. The van der Waals surface area contributed by atoms with Crippen molar-refractivity contribution < 1.29 is 14.3 Å². The predicted molar refractivity (Wildman–Crippen MR) is 151 cm³/mol. The maximum absolute atomic E-state index is 13.1. The Morgan fingerprint density at radius 2 is 1.70 bits per heavy atom. The Labute approximate surface area is 222 Å². The maximum atomic E-state index is 13.1. The van der Waals surface area contributed by atoms with Crippen molar-refractivity contribution in [2.45, 2.75) is 34.1 Å². The average Bonchev–Trinajstić information content (AvgIpc) is 2.87. The van der Waals surface area contributed by atoms with Crippen LogP contribution in [0.3, 0.4) is 0 Å². The van der Waals surface area contributed by atoms with E-state index in [1.165, 1.54) is 0 Å². The maximum Gasteiger partial charge on any atom is 0.321 e. The van der Waals surface area contributed by atoms with E-state index in [9.17, 15) is 9.59 Å². The van der Waals surface area contributed by atoms with Crippen molar-refractivity contribution in [3.63, 3.8) is 0 Å². The number of piperazine rings is 1. The number of aryl methyl sites for hydroxylation is 1. The summed E-state index contributed by atoms with van der Waals surface area (Å²) < 4.78 is 5.44. The molecular formula is C30H42N4O3. The van der Waals surface area contributed by atoms with Crippen LogP contribution < -0.4 is 10.1 Å². The number of ether oxygens (including phenoxy) is 1. The van der Waals surface area contributed by atoms with Gasteiger partial charge in [0.05, 0.1) is 7.11 Å². The minimum Gasteiger partial charge on any atom is -0.496 e. The van der Waals surface area contributed by atoms with E-state index in [-0.39, 0.29) is 17.4 Å². The number of carbonyl (C=O) groups is 2. The molecule has 7 heteroatoms. The summed E-state index contributed by atoms with van der Waals surface area (Å²) in [7, 11) is 1.66. The fourth-order valence-corrected chi connectivity index (χ4v) is 4.27. The SMILES string of the molecule is COc1ccccc1C=CCN(CCN1CCN(C(=O)Nc2ccc(C)cc2)CC1)C(=O)CC(C)(C)C. The van der Waals surface area contributed by atoms with Crippen LogP contribution in [0.15, 0.2) is 54.6 Å². The zero-order chi connectivity index (χ0) is 26.8. The number of rotatable bonds is 9. The van der Waals surface area contributed by atoms with Crippen molar-refractivity contribution in [2.24, 2.45) is 5.41 Å². The summed E-state index contributed by atoms with van der Waals surface area (Å²) in [4.78, 5) is 31.9. The summed E-state index contributed by atoms with van der Waals surface area (Å²) in [6.45, 7) is 13.2. The Kier molecular flexibility index (Phi) is 10.1. The smallest absolute Gasteiger partial charge is 0.321 e. The third-order valence-electron chi connectivity index (χ3n) is 6.44. The molecule has 1 aliphatic rings. The molecule has 0 spiro atoms. The van der Waals surface area contributed by atoms with Gasteiger partial charge in [-0.1, -0.05) is 68.8 Å². The second-order valence-corrected chi connectivity index (χ2v) is 10.8. The molecule has 1 heterocycles. The number of anilines is 1. The van der Waals surface area contributed by atoms with Crippen molar-refractivity contribution in [2.75, 3.05) is 58.2 Å². The van der Waals surface area contributed by atoms with Gasteiger partial charge in [-0.05, 0) is 30.5 Å². The molecule has 1 aliphatic heterocycles. The highest BCUT2D eigenvalue weighted by atomic mass is 16.5. The monoisotopic (exact) mass is 506 g/mol. The van der Waals surface area contributed by atoms with Crippen molar-refractivity contribution in [1.82, 2.24) is 14.7 Å². The molecule has 0 saturated carbocycles. The molecule has 0 radical (unpaired) electrons. The molecule has 0 aromatic heterocycles. The number of urea groups is 1. The highest BCUT2D eigenvalue weighted by molar-refractivity contribution is 5.89. The van der Waals surface area contributed by atoms with Gasteiger partial charge in [0, 0.05) is 63.5 Å². The highest BCUT2D eigenvalue weighted by Crippen LogP contribution is 2.21. The molecule has 3 rings (SSSR count). The first-order valence-corrected chi connectivity index (χ1v) is 13.1. The molecule has 37 heavy (non-hydrogen) atoms. The van der Waals surface area contributed by atoms with E-state index in [4.69, 9.17) is 4.74 Å². The van der Waals surface area contributed by atoms with E-state index in [0.29, 0.717) is 32.6 Å². The van der Waals surface area contributed by atoms with Gasteiger partial charge in [-0.2, -0.15) is 0 Å². The lowest BCUT2D eigenvalue weighted by molar-refractivity contribution is -0.132. The summed E-state index contributed by atoms with van der Waals surface area (Å²) in [5, 5.41) is 2.98. The first-order valence-electron chi connectivity index (χ1n) is 13.1. The largest absolute Gasteiger partial charge is 0.496 e. The molecule has 1 saturated heterocycles. The Bertz CT molecular complexity index is 1050. The first-order chi connectivity index (χ1) is 17.6. The lowest BCUT2D eigenvalue weighted by atomic mass is 9.91. The zero-order valence-electron chi connectivity index (χ0n) is 23.0. The molecule has 2 aromatic carbocycles. The van der Waals surface area contributed by atoms with Gasteiger partial charge in [0.15, 0.2) is 0 Å². The van der Waals surface area contributed by atoms with Crippen LogP contribution in [0.25, 0.3) is 6.08 Å². The quantitative estimate of drug-likeness (QED) is 0.512. The number of hydrogen-bond acceptors (Lipinski definition) is 4. The standard InChI is InChI=1S/C30H42N4O3/c1-24-12-14-26(15-13-24)31-29(36)34-21-18-32(19-22-34)17-20-33(28(35)23-30(2,3)4)16-8-10-25-9-6-7-11-27(25)37-5/h6-15H,16-23H2,1-5H3,(H,31,36). The fraction of sp³-hybridized carbons (Fsp3) is 0.467. The first kappa shape index (κ1) is 28.3. The molecule has 7 nitrogen and oxygen atoms in total. The van der Waals surface area contributed by atoms with Crippen molar-refractivity contribution >= 4 is 23.7 Å². The number of amides is 3. The van der Waals surface area contributed by atoms with Crippen LogP contribution >= 0.6 is 0 Å². The lowest BCUT2D eigenvalue weighted by Gasteiger charge is -2.36. The Morgan fingerprint density at radius 3 is 2.35 bits per heavy atom. The van der Waals surface area contributed by atoms with Crippen molar-refractivity contribution in [1.29, 1.82) is 0 Å². The summed E-state index contributed by atoms with van der Waals surface area (Å²) in [6.07, 6.45) is 4.55. The molecule has 2 aromatic rings. The summed E-state index contributed by atoms with van der Waals surface area (Å²) >= 11 is 0. The summed E-state index contributed by atoms with van der Waals surface area (Å²) in [5.41, 5.74) is 2.90. The summed E-state index contributed by atoms with van der Waals surface area (Å²) in [6, 6.07) is 15.6. The van der Waals surface area contributed by atoms with Gasteiger partial charge < -0.3 is 19.9 Å². The Morgan fingerprint density at radius 1 is 1.03 bits per heavy atom. The van der Waals surface area contributed by atoms with E-state index in [1.54, 1.807) is 7.11 Å². The van der Waals surface area contributed by atoms with Crippen LogP contribution in [0.4, 0.5) is 10.5 Å². The topological polar surface area (TPSA) is 65.1 Å². The fourth-order valence-electron chi connectivity index (χ4n) is 4.27. The number of nitrogens with one attached hydrogen (secondary N) is 1. The predicted octanol–water partition coefficient (Wildman–Crippen LogP) is 5.13. The van der Waals surface area contributed by atoms with Gasteiger partial charge in [-0.3, -0.25) is 9.69 Å². The second kappa shape index (κ2) is 13.3.